The van der Waals surface area contributed by atoms with Crippen molar-refractivity contribution in [2.75, 3.05) is 11.9 Å². The predicted molar refractivity (Wildman–Crippen MR) is 62.6 cm³/mol. The molecule has 0 radical (unpaired) electrons. The summed E-state index contributed by atoms with van der Waals surface area (Å²) in [5.74, 6) is 0.400. The molecule has 0 rings (SSSR count). The van der Waals surface area contributed by atoms with Crippen LogP contribution in [0.5, 0.6) is 0 Å². The molecule has 2 unspecified atom stereocenters. The third-order valence-electron chi connectivity index (χ3n) is 2.56. The Morgan fingerprint density at radius 3 is 2.50 bits per heavy atom. The van der Waals surface area contributed by atoms with Crippen molar-refractivity contribution in [2.45, 2.75) is 40.0 Å². The Labute approximate surface area is 95.5 Å². The highest BCUT2D eigenvalue weighted by molar-refractivity contribution is 9.09. The van der Waals surface area contributed by atoms with E-state index in [1.54, 1.807) is 0 Å². The fourth-order valence-electron chi connectivity index (χ4n) is 1.32. The summed E-state index contributed by atoms with van der Waals surface area (Å²) in [5, 5.41) is 1.05. The van der Waals surface area contributed by atoms with Crippen LogP contribution < -0.4 is 0 Å². The molecule has 2 nitrogen and oxygen atoms in total. The van der Waals surface area contributed by atoms with Crippen LogP contribution in [0.4, 0.5) is 0 Å². The van der Waals surface area contributed by atoms with Gasteiger partial charge in [-0.15, -0.1) is 0 Å². The maximum absolute atomic E-state index is 11.4. The minimum atomic E-state index is -0.0566. The second-order valence-corrected chi connectivity index (χ2v) is 4.50. The Morgan fingerprint density at radius 2 is 2.00 bits per heavy atom. The van der Waals surface area contributed by atoms with Gasteiger partial charge in [0, 0.05) is 5.33 Å². The van der Waals surface area contributed by atoms with E-state index in [1.807, 2.05) is 13.8 Å². The first-order valence-electron chi connectivity index (χ1n) is 5.36. The van der Waals surface area contributed by atoms with Gasteiger partial charge in [0.2, 0.25) is 0 Å². The quantitative estimate of drug-likeness (QED) is 0.400. The van der Waals surface area contributed by atoms with Gasteiger partial charge in [0.15, 0.2) is 0 Å². The van der Waals surface area contributed by atoms with E-state index >= 15 is 0 Å². The van der Waals surface area contributed by atoms with E-state index in [2.05, 4.69) is 22.9 Å². The van der Waals surface area contributed by atoms with Gasteiger partial charge < -0.3 is 4.74 Å². The van der Waals surface area contributed by atoms with Gasteiger partial charge in [-0.25, -0.2) is 0 Å². The number of hydrogen-bond donors (Lipinski definition) is 0. The van der Waals surface area contributed by atoms with E-state index in [0.29, 0.717) is 12.5 Å². The zero-order valence-electron chi connectivity index (χ0n) is 9.38. The summed E-state index contributed by atoms with van der Waals surface area (Å²) in [4.78, 5) is 11.4. The number of halogens is 1. The van der Waals surface area contributed by atoms with Crippen LogP contribution in [0.2, 0.25) is 0 Å². The lowest BCUT2D eigenvalue weighted by atomic mass is 9.91. The highest BCUT2D eigenvalue weighted by Crippen LogP contribution is 2.19. The fourth-order valence-corrected chi connectivity index (χ4v) is 1.71. The third-order valence-corrected chi connectivity index (χ3v) is 3.12. The molecule has 2 atom stereocenters. The Morgan fingerprint density at radius 1 is 1.36 bits per heavy atom. The number of hydrogen-bond acceptors (Lipinski definition) is 2. The summed E-state index contributed by atoms with van der Waals surface area (Å²) in [6, 6.07) is 0. The molecule has 0 N–H and O–H groups in total. The molecule has 0 aromatic heterocycles. The van der Waals surface area contributed by atoms with Crippen molar-refractivity contribution in [3.63, 3.8) is 0 Å². The molecule has 0 aliphatic heterocycles. The van der Waals surface area contributed by atoms with Crippen LogP contribution in [0.3, 0.4) is 0 Å². The van der Waals surface area contributed by atoms with Gasteiger partial charge in [0.05, 0.1) is 12.5 Å². The predicted octanol–water partition coefficient (Wildman–Crippen LogP) is 3.39. The number of carbonyl (C=O) groups excluding carboxylic acids is 1. The molecule has 0 spiro atoms. The molecular weight excluding hydrogens is 244 g/mol. The van der Waals surface area contributed by atoms with Crippen LogP contribution in [0, 0.1) is 11.8 Å². The van der Waals surface area contributed by atoms with E-state index in [0.717, 1.165) is 11.8 Å². The Balaban J connectivity index is 3.74. The monoisotopic (exact) mass is 264 g/mol. The molecule has 0 saturated carbocycles. The van der Waals surface area contributed by atoms with Gasteiger partial charge in [-0.2, -0.15) is 0 Å². The summed E-state index contributed by atoms with van der Waals surface area (Å²) in [5.41, 5.74) is 0. The number of alkyl halides is 1. The van der Waals surface area contributed by atoms with Gasteiger partial charge in [-0.3, -0.25) is 4.79 Å². The summed E-state index contributed by atoms with van der Waals surface area (Å²) >= 11 is 3.40. The maximum Gasteiger partial charge on any atom is 0.308 e. The first kappa shape index (κ1) is 13.9. The number of rotatable bonds is 7. The van der Waals surface area contributed by atoms with E-state index in [4.69, 9.17) is 4.74 Å². The molecule has 3 heteroatoms. The smallest absolute Gasteiger partial charge is 0.308 e. The highest BCUT2D eigenvalue weighted by atomic mass is 79.9. The topological polar surface area (TPSA) is 26.3 Å². The number of ether oxygens (including phenoxy) is 1. The van der Waals surface area contributed by atoms with Gasteiger partial charge in [0.1, 0.15) is 0 Å². The third kappa shape index (κ3) is 5.63. The summed E-state index contributed by atoms with van der Waals surface area (Å²) < 4.78 is 4.98. The zero-order valence-corrected chi connectivity index (χ0v) is 11.0. The average molecular weight is 265 g/mol. The molecule has 14 heavy (non-hydrogen) atoms. The van der Waals surface area contributed by atoms with Crippen molar-refractivity contribution in [3.8, 4) is 0 Å². The second-order valence-electron chi connectivity index (χ2n) is 3.70. The normalized spacial score (nSPS) is 14.9. The Hall–Kier alpha value is -0.0500. The van der Waals surface area contributed by atoms with Gasteiger partial charge in [-0.05, 0) is 25.7 Å². The minimum absolute atomic E-state index is 0.0327. The standard InChI is InChI=1S/C11H21BrO2/c1-4-14-11(13)10(3)9(2)7-5-6-8-12/h9-10H,4-8H2,1-3H3. The minimum Gasteiger partial charge on any atom is -0.466 e. The van der Waals surface area contributed by atoms with Crippen molar-refractivity contribution >= 4 is 21.9 Å². The van der Waals surface area contributed by atoms with Crippen LogP contribution in [-0.2, 0) is 9.53 Å². The van der Waals surface area contributed by atoms with Crippen LogP contribution in [0.15, 0.2) is 0 Å². The van der Waals surface area contributed by atoms with Crippen molar-refractivity contribution < 1.29 is 9.53 Å². The second kappa shape index (κ2) is 8.27. The molecule has 0 aliphatic rings. The Bertz CT molecular complexity index is 159. The summed E-state index contributed by atoms with van der Waals surface area (Å²) in [7, 11) is 0. The molecule has 0 amide bonds. The lowest BCUT2D eigenvalue weighted by Crippen LogP contribution is -2.21. The van der Waals surface area contributed by atoms with Gasteiger partial charge in [-0.1, -0.05) is 36.2 Å². The number of carbonyl (C=O) groups is 1. The van der Waals surface area contributed by atoms with Crippen molar-refractivity contribution in [2.24, 2.45) is 11.8 Å². The fraction of sp³-hybridized carbons (Fsp3) is 0.909. The average Bonchev–Trinajstić information content (AvgIpc) is 2.17. The number of esters is 1. The largest absolute Gasteiger partial charge is 0.466 e. The molecule has 0 fully saturated rings. The van der Waals surface area contributed by atoms with Crippen LogP contribution >= 0.6 is 15.9 Å². The zero-order chi connectivity index (χ0) is 11.0. The van der Waals surface area contributed by atoms with Crippen LogP contribution in [0.1, 0.15) is 40.0 Å². The van der Waals surface area contributed by atoms with Crippen LogP contribution in [0.25, 0.3) is 0 Å². The maximum atomic E-state index is 11.4. The molecule has 0 aromatic rings. The van der Waals surface area contributed by atoms with Gasteiger partial charge >= 0.3 is 5.97 Å². The lowest BCUT2D eigenvalue weighted by Gasteiger charge is -2.17. The first-order valence-corrected chi connectivity index (χ1v) is 6.48. The molecule has 0 aromatic carbocycles. The van der Waals surface area contributed by atoms with E-state index in [9.17, 15) is 4.79 Å². The van der Waals surface area contributed by atoms with Crippen molar-refractivity contribution in [1.82, 2.24) is 0 Å². The van der Waals surface area contributed by atoms with Crippen molar-refractivity contribution in [1.29, 1.82) is 0 Å². The van der Waals surface area contributed by atoms with Crippen molar-refractivity contribution in [3.05, 3.63) is 0 Å². The van der Waals surface area contributed by atoms with E-state index in [1.165, 1.54) is 12.8 Å². The molecule has 0 saturated heterocycles. The number of unbranched alkanes of at least 4 members (excludes halogenated alkanes) is 1. The summed E-state index contributed by atoms with van der Waals surface area (Å²) in [6.07, 6.45) is 3.46. The molecule has 0 heterocycles. The molecule has 0 aliphatic carbocycles. The first-order chi connectivity index (χ1) is 6.63. The van der Waals surface area contributed by atoms with E-state index < -0.39 is 0 Å². The highest BCUT2D eigenvalue weighted by Gasteiger charge is 2.20. The molecule has 84 valence electrons. The molecular formula is C11H21BrO2. The van der Waals surface area contributed by atoms with E-state index in [-0.39, 0.29) is 11.9 Å². The van der Waals surface area contributed by atoms with Crippen LogP contribution in [-0.4, -0.2) is 17.9 Å². The summed E-state index contributed by atoms with van der Waals surface area (Å²) in [6.45, 7) is 6.41. The molecule has 0 bridgehead atoms. The van der Waals surface area contributed by atoms with Gasteiger partial charge in [0.25, 0.3) is 0 Å². The Kier molecular flexibility index (Phi) is 8.24. The lowest BCUT2D eigenvalue weighted by molar-refractivity contribution is -0.149. The SMILES string of the molecule is CCOC(=O)C(C)C(C)CCCCBr.